The minimum absolute atomic E-state index is 0.0790. The van der Waals surface area contributed by atoms with E-state index in [9.17, 15) is 14.0 Å². The van der Waals surface area contributed by atoms with Gasteiger partial charge in [0.2, 0.25) is 5.91 Å². The molecule has 2 rings (SSSR count). The molecule has 2 amide bonds. The first-order chi connectivity index (χ1) is 10.9. The van der Waals surface area contributed by atoms with Crippen molar-refractivity contribution in [3.63, 3.8) is 0 Å². The highest BCUT2D eigenvalue weighted by Crippen LogP contribution is 2.13. The minimum atomic E-state index is -0.593. The molecule has 0 aliphatic rings. The minimum Gasteiger partial charge on any atom is -0.369 e. The first-order valence-electron chi connectivity index (χ1n) is 7.13. The predicted octanol–water partition coefficient (Wildman–Crippen LogP) is 1.50. The molecule has 0 aliphatic heterocycles. The Morgan fingerprint density at radius 1 is 1.30 bits per heavy atom. The number of rotatable bonds is 6. The van der Waals surface area contributed by atoms with Crippen LogP contribution < -0.4 is 11.1 Å². The second-order valence-electron chi connectivity index (χ2n) is 5.34. The molecular formula is C16H18FN3O3. The largest absolute Gasteiger partial charge is 0.369 e. The summed E-state index contributed by atoms with van der Waals surface area (Å²) in [6.07, 6.45) is 0.317. The van der Waals surface area contributed by atoms with Crippen molar-refractivity contribution < 1.29 is 18.5 Å². The van der Waals surface area contributed by atoms with Crippen LogP contribution in [-0.4, -0.2) is 23.5 Å². The van der Waals surface area contributed by atoms with E-state index in [2.05, 4.69) is 10.5 Å². The number of benzene rings is 1. The van der Waals surface area contributed by atoms with Crippen LogP contribution in [0.3, 0.4) is 0 Å². The average molecular weight is 319 g/mol. The third kappa shape index (κ3) is 4.15. The lowest BCUT2D eigenvalue weighted by molar-refractivity contribution is -0.121. The highest BCUT2D eigenvalue weighted by atomic mass is 19.1. The van der Waals surface area contributed by atoms with E-state index >= 15 is 0 Å². The number of nitrogens with one attached hydrogen (secondary N) is 1. The number of hydrogen-bond acceptors (Lipinski definition) is 4. The normalized spacial score (nSPS) is 12.0. The molecule has 1 atom stereocenters. The Hall–Kier alpha value is -2.70. The van der Waals surface area contributed by atoms with Gasteiger partial charge in [-0.05, 0) is 38.0 Å². The monoisotopic (exact) mass is 319 g/mol. The number of carbonyl (C=O) groups excluding carboxylic acids is 2. The molecule has 122 valence electrons. The van der Waals surface area contributed by atoms with Crippen molar-refractivity contribution in [3.8, 4) is 0 Å². The van der Waals surface area contributed by atoms with E-state index in [0.29, 0.717) is 23.4 Å². The van der Waals surface area contributed by atoms with E-state index in [0.717, 1.165) is 5.56 Å². The summed E-state index contributed by atoms with van der Waals surface area (Å²) in [7, 11) is 0. The van der Waals surface area contributed by atoms with Crippen molar-refractivity contribution in [3.05, 3.63) is 52.7 Å². The van der Waals surface area contributed by atoms with Gasteiger partial charge in [-0.25, -0.2) is 4.39 Å². The molecule has 0 fully saturated rings. The molecule has 6 nitrogen and oxygen atoms in total. The molecule has 0 spiro atoms. The van der Waals surface area contributed by atoms with Gasteiger partial charge in [-0.1, -0.05) is 17.3 Å². The maximum absolute atomic E-state index is 12.9. The summed E-state index contributed by atoms with van der Waals surface area (Å²) in [6.45, 7) is 3.38. The van der Waals surface area contributed by atoms with Crippen LogP contribution in [0.25, 0.3) is 0 Å². The Morgan fingerprint density at radius 3 is 2.48 bits per heavy atom. The molecule has 1 aromatic heterocycles. The molecule has 0 saturated carbocycles. The molecule has 0 unspecified atom stereocenters. The maximum atomic E-state index is 12.9. The lowest BCUT2D eigenvalue weighted by Crippen LogP contribution is -2.37. The molecule has 2 aromatic rings. The van der Waals surface area contributed by atoms with Crippen molar-refractivity contribution in [1.29, 1.82) is 0 Å². The number of halogens is 1. The smallest absolute Gasteiger partial charge is 0.256 e. The van der Waals surface area contributed by atoms with E-state index < -0.39 is 11.8 Å². The van der Waals surface area contributed by atoms with Gasteiger partial charge in [0.15, 0.2) is 0 Å². The molecular weight excluding hydrogens is 301 g/mol. The molecule has 1 aromatic carbocycles. The predicted molar refractivity (Wildman–Crippen MR) is 81.1 cm³/mol. The second kappa shape index (κ2) is 7.04. The SMILES string of the molecule is Cc1noc(C)c1C(=O)NC[C@H](Cc1ccc(F)cc1)C(N)=O. The van der Waals surface area contributed by atoms with Gasteiger partial charge >= 0.3 is 0 Å². The number of nitrogens with zero attached hydrogens (tertiary/aromatic N) is 1. The van der Waals surface area contributed by atoms with Crippen molar-refractivity contribution in [2.45, 2.75) is 20.3 Å². The third-order valence-corrected chi connectivity index (χ3v) is 3.57. The summed E-state index contributed by atoms with van der Waals surface area (Å²) < 4.78 is 17.8. The quantitative estimate of drug-likeness (QED) is 0.843. The van der Waals surface area contributed by atoms with E-state index in [4.69, 9.17) is 10.3 Å². The molecule has 0 radical (unpaired) electrons. The Labute approximate surface area is 132 Å². The van der Waals surface area contributed by atoms with Gasteiger partial charge in [0.1, 0.15) is 17.1 Å². The van der Waals surface area contributed by atoms with Crippen LogP contribution in [0.5, 0.6) is 0 Å². The van der Waals surface area contributed by atoms with Crippen molar-refractivity contribution >= 4 is 11.8 Å². The number of amides is 2. The van der Waals surface area contributed by atoms with Crippen LogP contribution in [-0.2, 0) is 11.2 Å². The number of hydrogen-bond donors (Lipinski definition) is 2. The number of aromatic nitrogens is 1. The van der Waals surface area contributed by atoms with Crippen LogP contribution in [0.15, 0.2) is 28.8 Å². The average Bonchev–Trinajstić information content (AvgIpc) is 2.84. The van der Waals surface area contributed by atoms with E-state index in [1.165, 1.54) is 12.1 Å². The van der Waals surface area contributed by atoms with E-state index in [1.54, 1.807) is 26.0 Å². The number of primary amides is 1. The fraction of sp³-hybridized carbons (Fsp3) is 0.312. The number of nitrogens with two attached hydrogens (primary N) is 1. The second-order valence-corrected chi connectivity index (χ2v) is 5.34. The standard InChI is InChI=1S/C16H18FN3O3/c1-9-14(10(2)23-20-9)16(22)19-8-12(15(18)21)7-11-3-5-13(17)6-4-11/h3-6,12H,7-8H2,1-2H3,(H2,18,21)(H,19,22)/t12-/m0/s1. The van der Waals surface area contributed by atoms with Gasteiger partial charge in [0.25, 0.3) is 5.91 Å². The first-order valence-corrected chi connectivity index (χ1v) is 7.13. The molecule has 3 N–H and O–H groups in total. The summed E-state index contributed by atoms with van der Waals surface area (Å²) in [5.41, 5.74) is 6.99. The lowest BCUT2D eigenvalue weighted by Gasteiger charge is -2.14. The Morgan fingerprint density at radius 2 is 1.96 bits per heavy atom. The molecule has 0 aliphatic carbocycles. The zero-order chi connectivity index (χ0) is 17.0. The van der Waals surface area contributed by atoms with E-state index in [-0.39, 0.29) is 18.3 Å². The van der Waals surface area contributed by atoms with Crippen LogP contribution in [0, 0.1) is 25.6 Å². The highest BCUT2D eigenvalue weighted by molar-refractivity contribution is 5.96. The number of carbonyl (C=O) groups is 2. The topological polar surface area (TPSA) is 98.2 Å². The first kappa shape index (κ1) is 16.7. The molecule has 23 heavy (non-hydrogen) atoms. The molecule has 7 heteroatoms. The lowest BCUT2D eigenvalue weighted by atomic mass is 9.98. The highest BCUT2D eigenvalue weighted by Gasteiger charge is 2.21. The van der Waals surface area contributed by atoms with E-state index in [1.807, 2.05) is 0 Å². The van der Waals surface area contributed by atoms with Crippen LogP contribution in [0.4, 0.5) is 4.39 Å². The Kier molecular flexibility index (Phi) is 5.10. The Bertz CT molecular complexity index is 690. The maximum Gasteiger partial charge on any atom is 0.256 e. The summed E-state index contributed by atoms with van der Waals surface area (Å²) in [4.78, 5) is 23.7. The summed E-state index contributed by atoms with van der Waals surface area (Å²) in [5.74, 6) is -1.44. The van der Waals surface area contributed by atoms with Gasteiger partial charge in [-0.3, -0.25) is 9.59 Å². The van der Waals surface area contributed by atoms with Gasteiger partial charge in [-0.2, -0.15) is 0 Å². The zero-order valence-electron chi connectivity index (χ0n) is 12.9. The fourth-order valence-corrected chi connectivity index (χ4v) is 2.29. The van der Waals surface area contributed by atoms with Gasteiger partial charge in [0.05, 0.1) is 11.6 Å². The summed E-state index contributed by atoms with van der Waals surface area (Å²) >= 11 is 0. The van der Waals surface area contributed by atoms with Gasteiger partial charge < -0.3 is 15.6 Å². The van der Waals surface area contributed by atoms with Crippen molar-refractivity contribution in [1.82, 2.24) is 10.5 Å². The molecule has 0 bridgehead atoms. The molecule has 1 heterocycles. The Balaban J connectivity index is 2.01. The van der Waals surface area contributed by atoms with Crippen molar-refractivity contribution in [2.24, 2.45) is 11.7 Å². The zero-order valence-corrected chi connectivity index (χ0v) is 12.9. The van der Waals surface area contributed by atoms with Crippen LogP contribution >= 0.6 is 0 Å². The van der Waals surface area contributed by atoms with Gasteiger partial charge in [-0.15, -0.1) is 0 Å². The van der Waals surface area contributed by atoms with Crippen LogP contribution in [0.1, 0.15) is 27.4 Å². The summed E-state index contributed by atoms with van der Waals surface area (Å²) in [5, 5.41) is 6.38. The van der Waals surface area contributed by atoms with Crippen molar-refractivity contribution in [2.75, 3.05) is 6.54 Å². The summed E-state index contributed by atoms with van der Waals surface area (Å²) in [6, 6.07) is 5.80. The third-order valence-electron chi connectivity index (χ3n) is 3.57. The fourth-order valence-electron chi connectivity index (χ4n) is 2.29. The molecule has 0 saturated heterocycles. The van der Waals surface area contributed by atoms with Gasteiger partial charge in [0, 0.05) is 6.54 Å². The number of aryl methyl sites for hydroxylation is 2. The van der Waals surface area contributed by atoms with Crippen LogP contribution in [0.2, 0.25) is 0 Å².